The van der Waals surface area contributed by atoms with E-state index in [2.05, 4.69) is 12.9 Å². The van der Waals surface area contributed by atoms with Gasteiger partial charge in [0.05, 0.1) is 67.3 Å². The lowest BCUT2D eigenvalue weighted by molar-refractivity contribution is -0.375. The molecule has 0 aromatic heterocycles. The Morgan fingerprint density at radius 2 is 0.693 bits per heavy atom. The first-order valence-electron chi connectivity index (χ1n) is 29.0. The minimum absolute atomic E-state index is 0.00525. The number of hydroxylamine groups is 3. The van der Waals surface area contributed by atoms with E-state index in [-0.39, 0.29) is 43.8 Å². The van der Waals surface area contributed by atoms with Crippen molar-refractivity contribution < 1.29 is 153 Å². The highest BCUT2D eigenvalue weighted by atomic mass is 32.3. The summed E-state index contributed by atoms with van der Waals surface area (Å²) < 4.78 is 210. The van der Waals surface area contributed by atoms with Gasteiger partial charge in [-0.05, 0) is 52.9 Å². The standard InChI is InChI=1S/C48H89N3O33S4/c1-11-17-85(59,60)18-15-16-70-43-19(5)31(52)38(22(8)71-43)78-47-29(50-83-87(64,65)66)36(57)41(26(13-3)75-47)81-45-21(7)33(54)40(24(10)73-45)79-48-30(51-84-88(67,68)69)37(58)42(27(14-4)76-48)80-44-20(6)32(53)39(23(9)72-44)77-46-28(49-82-86(61,62)63)35(56)34(55)25(12-2)74-46/h19-58H,11-18H2,1-10H3,(H,61,62,63)(H,64,65,66)(H,67,68,69)/t19?,20?,21?,22?,23?,24?,25?,26?,27?,28?,29?,30?,31-,32-,33-,34+,35+,36+,37+,38+,39+,40+,41+,42+,43+,44-,45-,46+,47+,48+/m0/s1. The van der Waals surface area contributed by atoms with Crippen molar-refractivity contribution in [1.29, 1.82) is 0 Å². The molecule has 0 radical (unpaired) electrons. The van der Waals surface area contributed by atoms with Crippen molar-refractivity contribution in [3.63, 3.8) is 0 Å². The van der Waals surface area contributed by atoms with Crippen LogP contribution in [0.25, 0.3) is 0 Å². The van der Waals surface area contributed by atoms with Crippen molar-refractivity contribution in [2.24, 2.45) is 17.8 Å². The van der Waals surface area contributed by atoms with Crippen molar-refractivity contribution in [3.8, 4) is 0 Å². The molecule has 518 valence electrons. The van der Waals surface area contributed by atoms with Crippen molar-refractivity contribution in [1.82, 2.24) is 16.4 Å². The molecule has 88 heavy (non-hydrogen) atoms. The second-order valence-electron chi connectivity index (χ2n) is 22.8. The second-order valence-corrected chi connectivity index (χ2v) is 28.2. The maximum Gasteiger partial charge on any atom is 0.413 e. The molecule has 0 aliphatic carbocycles. The fourth-order valence-electron chi connectivity index (χ4n) is 11.4. The lowest BCUT2D eigenvalue weighted by Gasteiger charge is -2.51. The summed E-state index contributed by atoms with van der Waals surface area (Å²) in [6.07, 6.45) is -33.2. The molecule has 30 atom stereocenters. The molecule has 6 heterocycles. The Bertz CT molecular complexity index is 2640. The summed E-state index contributed by atoms with van der Waals surface area (Å²) in [5.74, 6) is -3.04. The van der Waals surface area contributed by atoms with Crippen LogP contribution in [0.15, 0.2) is 0 Å². The molecule has 0 aromatic carbocycles. The van der Waals surface area contributed by atoms with Gasteiger partial charge in [0.1, 0.15) is 82.9 Å². The van der Waals surface area contributed by atoms with Gasteiger partial charge in [0.25, 0.3) is 0 Å². The van der Waals surface area contributed by atoms with Crippen LogP contribution in [0.3, 0.4) is 0 Å². The second kappa shape index (κ2) is 31.9. The number of aliphatic hydroxyl groups is 7. The summed E-state index contributed by atoms with van der Waals surface area (Å²) in [6.45, 7) is 15.5. The van der Waals surface area contributed by atoms with Crippen molar-refractivity contribution in [2.75, 3.05) is 18.1 Å². The van der Waals surface area contributed by atoms with E-state index in [1.54, 1.807) is 34.6 Å². The molecule has 0 aromatic rings. The molecule has 6 aliphatic heterocycles. The van der Waals surface area contributed by atoms with E-state index >= 15 is 0 Å². The Morgan fingerprint density at radius 3 is 1.03 bits per heavy atom. The largest absolute Gasteiger partial charge is 0.413 e. The third kappa shape index (κ3) is 19.4. The van der Waals surface area contributed by atoms with Crippen LogP contribution in [0.5, 0.6) is 0 Å². The molecular weight excluding hydrogens is 1270 g/mol. The predicted octanol–water partition coefficient (Wildman–Crippen LogP) is -3.70. The fraction of sp³-hybridized carbons (Fsp3) is 1.00. The quantitative estimate of drug-likeness (QED) is 0.0195. The smallest absolute Gasteiger partial charge is 0.390 e. The number of rotatable bonds is 29. The number of sulfone groups is 1. The van der Waals surface area contributed by atoms with Gasteiger partial charge >= 0.3 is 31.2 Å². The SMILES string of the molecule is CCCS(=O)(=O)CCCO[C@@H]1OC(C)[C@@H](O[C@H]2OC(CC)[C@@H](O[C@@H]3OC(C)[C@@H](O[C@H]4OC(CC)[C@@H](O[C@@H]5OC(C)[C@@H](O[C@H]6OC(CC)[C@@H](O)[C@H](O)C6NOS(=O)(=O)O)[C@@H](O)C5C)[C@H](O)C4NOS(=O)(=O)O)[C@@H](O)C3C)[C@H](O)C2NOS(=O)(=O)O)[C@@H](O)C1C. The summed E-state index contributed by atoms with van der Waals surface area (Å²) >= 11 is 0. The van der Waals surface area contributed by atoms with Gasteiger partial charge in [-0.1, -0.05) is 48.5 Å². The summed E-state index contributed by atoms with van der Waals surface area (Å²) in [6, 6.07) is -5.20. The van der Waals surface area contributed by atoms with Crippen molar-refractivity contribution >= 4 is 41.0 Å². The molecule has 0 saturated carbocycles. The van der Waals surface area contributed by atoms with E-state index < -0.39 is 225 Å². The van der Waals surface area contributed by atoms with Crippen LogP contribution in [-0.2, 0) is 111 Å². The first-order valence-corrected chi connectivity index (χ1v) is 34.9. The first-order chi connectivity index (χ1) is 40.9. The van der Waals surface area contributed by atoms with E-state index in [0.717, 1.165) is 0 Å². The highest BCUT2D eigenvalue weighted by Gasteiger charge is 2.57. The molecule has 6 saturated heterocycles. The minimum atomic E-state index is -5.30. The van der Waals surface area contributed by atoms with Crippen LogP contribution in [0, 0.1) is 17.8 Å². The van der Waals surface area contributed by atoms with E-state index in [0.29, 0.717) is 6.42 Å². The molecule has 6 rings (SSSR count). The van der Waals surface area contributed by atoms with Crippen molar-refractivity contribution in [3.05, 3.63) is 0 Å². The average molecular weight is 1360 g/mol. The first kappa shape index (κ1) is 75.7. The fourth-order valence-corrected chi connectivity index (χ4v) is 13.5. The van der Waals surface area contributed by atoms with Gasteiger partial charge in [-0.3, -0.25) is 13.7 Å². The van der Waals surface area contributed by atoms with E-state index in [4.69, 9.17) is 56.8 Å². The summed E-state index contributed by atoms with van der Waals surface area (Å²) in [5, 5.41) is 80.6. The maximum absolute atomic E-state index is 12.2. The molecule has 6 fully saturated rings. The van der Waals surface area contributed by atoms with Crippen LogP contribution >= 0.6 is 0 Å². The highest BCUT2D eigenvalue weighted by molar-refractivity contribution is 7.91. The molecule has 0 spiro atoms. The van der Waals surface area contributed by atoms with Gasteiger partial charge in [-0.2, -0.15) is 54.5 Å². The Morgan fingerprint density at radius 1 is 0.375 bits per heavy atom. The van der Waals surface area contributed by atoms with Crippen LogP contribution < -0.4 is 16.4 Å². The van der Waals surface area contributed by atoms with Gasteiger partial charge in [-0.15, -0.1) is 0 Å². The average Bonchev–Trinajstić information content (AvgIpc) is 1.12. The predicted molar refractivity (Wildman–Crippen MR) is 292 cm³/mol. The molecule has 0 bridgehead atoms. The molecule has 0 amide bonds. The van der Waals surface area contributed by atoms with E-state index in [1.165, 1.54) is 34.6 Å². The Balaban J connectivity index is 1.13. The van der Waals surface area contributed by atoms with Crippen LogP contribution in [0.1, 0.15) is 101 Å². The van der Waals surface area contributed by atoms with Gasteiger partial charge in [0.2, 0.25) is 0 Å². The Hall–Kier alpha value is -1.32. The monoisotopic (exact) mass is 1360 g/mol. The number of nitrogens with one attached hydrogen (secondary N) is 3. The normalized spacial score (nSPS) is 44.2. The maximum atomic E-state index is 12.2. The third-order valence-corrected chi connectivity index (χ3v) is 19.2. The molecular formula is C48H89N3O33S4. The van der Waals surface area contributed by atoms with Crippen LogP contribution in [0.4, 0.5) is 0 Å². The zero-order valence-corrected chi connectivity index (χ0v) is 53.2. The van der Waals surface area contributed by atoms with E-state index in [9.17, 15) is 83.1 Å². The topological polar surface area (TPSA) is 513 Å². The van der Waals surface area contributed by atoms with Crippen molar-refractivity contribution in [2.45, 2.75) is 267 Å². The lowest BCUT2D eigenvalue weighted by atomic mass is 9.90. The van der Waals surface area contributed by atoms with Gasteiger partial charge < -0.3 is 92.6 Å². The zero-order valence-electron chi connectivity index (χ0n) is 50.0. The van der Waals surface area contributed by atoms with Gasteiger partial charge in [0, 0.05) is 23.5 Å². The third-order valence-electron chi connectivity index (χ3n) is 16.3. The molecule has 12 unspecified atom stereocenters. The summed E-state index contributed by atoms with van der Waals surface area (Å²) in [4.78, 5) is 0. The van der Waals surface area contributed by atoms with Crippen LogP contribution in [-0.4, -0.2) is 267 Å². The molecule has 6 aliphatic rings. The number of aliphatic hydroxyl groups excluding tert-OH is 7. The van der Waals surface area contributed by atoms with E-state index in [1.807, 2.05) is 16.4 Å². The summed E-state index contributed by atoms with van der Waals surface area (Å²) in [7, 11) is -19.0. The molecule has 13 N–H and O–H groups in total. The minimum Gasteiger partial charge on any atom is -0.390 e. The highest BCUT2D eigenvalue weighted by Crippen LogP contribution is 2.40. The molecule has 40 heteroatoms. The van der Waals surface area contributed by atoms with Crippen LogP contribution in [0.2, 0.25) is 0 Å². The Labute approximate surface area is 511 Å². The lowest BCUT2D eigenvalue weighted by Crippen LogP contribution is -2.68. The molecule has 36 nitrogen and oxygen atoms in total. The number of ether oxygens (including phenoxy) is 12. The van der Waals surface area contributed by atoms with Gasteiger partial charge in [0.15, 0.2) is 37.7 Å². The van der Waals surface area contributed by atoms with Gasteiger partial charge in [-0.25, -0.2) is 8.42 Å². The number of hydrogen-bond donors (Lipinski definition) is 13. The Kier molecular flexibility index (Phi) is 27.5. The number of hydrogen-bond acceptors (Lipinski definition) is 33. The zero-order chi connectivity index (χ0) is 65.7. The summed E-state index contributed by atoms with van der Waals surface area (Å²) in [5.41, 5.74) is 5.97.